The van der Waals surface area contributed by atoms with Crippen molar-refractivity contribution in [2.75, 3.05) is 6.54 Å². The molecule has 3 nitrogen and oxygen atoms in total. The van der Waals surface area contributed by atoms with Crippen LogP contribution in [0.2, 0.25) is 0 Å². The predicted octanol–water partition coefficient (Wildman–Crippen LogP) is 3.31. The molecular weight excluding hydrogens is 266 g/mol. The SMILES string of the molecule is CCNC(CCc1ccncc1)Cc1nc(C)c(C)s1. The summed E-state index contributed by atoms with van der Waals surface area (Å²) in [5, 5.41) is 4.83. The number of nitrogens with zero attached hydrogens (tertiary/aromatic N) is 2. The van der Waals surface area contributed by atoms with Crippen LogP contribution in [0.1, 0.15) is 34.5 Å². The van der Waals surface area contributed by atoms with E-state index in [1.165, 1.54) is 21.1 Å². The van der Waals surface area contributed by atoms with Gasteiger partial charge in [0.15, 0.2) is 0 Å². The predicted molar refractivity (Wildman–Crippen MR) is 85.3 cm³/mol. The van der Waals surface area contributed by atoms with Crippen LogP contribution in [0, 0.1) is 13.8 Å². The fourth-order valence-corrected chi connectivity index (χ4v) is 3.31. The number of aryl methyl sites for hydroxylation is 3. The summed E-state index contributed by atoms with van der Waals surface area (Å²) < 4.78 is 0. The Bertz CT molecular complexity index is 502. The maximum absolute atomic E-state index is 4.66. The van der Waals surface area contributed by atoms with Gasteiger partial charge < -0.3 is 5.32 Å². The Morgan fingerprint density at radius 3 is 2.60 bits per heavy atom. The first kappa shape index (κ1) is 15.1. The van der Waals surface area contributed by atoms with Crippen molar-refractivity contribution in [3.63, 3.8) is 0 Å². The Balaban J connectivity index is 1.93. The molecule has 0 amide bonds. The molecule has 0 spiro atoms. The Labute approximate surface area is 125 Å². The van der Waals surface area contributed by atoms with E-state index in [9.17, 15) is 0 Å². The van der Waals surface area contributed by atoms with E-state index in [2.05, 4.69) is 48.2 Å². The number of likely N-dealkylation sites (N-methyl/N-ethyl adjacent to an activating group) is 1. The van der Waals surface area contributed by atoms with Crippen LogP contribution in [0.4, 0.5) is 0 Å². The zero-order valence-electron chi connectivity index (χ0n) is 12.5. The normalized spacial score (nSPS) is 12.6. The first-order chi connectivity index (χ1) is 9.69. The van der Waals surface area contributed by atoms with E-state index in [-0.39, 0.29) is 0 Å². The standard InChI is InChI=1S/C16H23N3S/c1-4-18-15(6-5-14-7-9-17-10-8-14)11-16-19-12(2)13(3)20-16/h7-10,15,18H,4-6,11H2,1-3H3. The molecule has 2 rings (SSSR count). The van der Waals surface area contributed by atoms with Gasteiger partial charge >= 0.3 is 0 Å². The van der Waals surface area contributed by atoms with E-state index in [0.29, 0.717) is 6.04 Å². The lowest BCUT2D eigenvalue weighted by Gasteiger charge is -2.16. The lowest BCUT2D eigenvalue weighted by Crippen LogP contribution is -2.31. The third-order valence-corrected chi connectivity index (χ3v) is 4.61. The summed E-state index contributed by atoms with van der Waals surface area (Å²) in [7, 11) is 0. The number of hydrogen-bond acceptors (Lipinski definition) is 4. The van der Waals surface area contributed by atoms with Crippen molar-refractivity contribution in [3.8, 4) is 0 Å². The van der Waals surface area contributed by atoms with Crippen molar-refractivity contribution in [1.29, 1.82) is 0 Å². The molecule has 1 N–H and O–H groups in total. The van der Waals surface area contributed by atoms with E-state index in [4.69, 9.17) is 0 Å². The van der Waals surface area contributed by atoms with Gasteiger partial charge in [-0.3, -0.25) is 4.98 Å². The second-order valence-corrected chi connectivity index (χ2v) is 6.39. The maximum atomic E-state index is 4.66. The molecule has 2 aromatic heterocycles. The van der Waals surface area contributed by atoms with Crippen molar-refractivity contribution in [1.82, 2.24) is 15.3 Å². The van der Waals surface area contributed by atoms with Crippen molar-refractivity contribution in [2.24, 2.45) is 0 Å². The average Bonchev–Trinajstić information content (AvgIpc) is 2.76. The van der Waals surface area contributed by atoms with Crippen molar-refractivity contribution < 1.29 is 0 Å². The molecule has 20 heavy (non-hydrogen) atoms. The van der Waals surface area contributed by atoms with Crippen LogP contribution in [0.3, 0.4) is 0 Å². The molecule has 4 heteroatoms. The number of thiazole rings is 1. The summed E-state index contributed by atoms with van der Waals surface area (Å²) in [4.78, 5) is 10.1. The number of pyridine rings is 1. The molecule has 0 aliphatic carbocycles. The fraction of sp³-hybridized carbons (Fsp3) is 0.500. The van der Waals surface area contributed by atoms with E-state index >= 15 is 0 Å². The van der Waals surface area contributed by atoms with Crippen molar-refractivity contribution in [3.05, 3.63) is 45.7 Å². The van der Waals surface area contributed by atoms with E-state index in [0.717, 1.165) is 25.8 Å². The molecule has 0 aromatic carbocycles. The highest BCUT2D eigenvalue weighted by Gasteiger charge is 2.12. The monoisotopic (exact) mass is 289 g/mol. The molecule has 1 unspecified atom stereocenters. The zero-order chi connectivity index (χ0) is 14.4. The van der Waals surface area contributed by atoms with Crippen LogP contribution >= 0.6 is 11.3 Å². The minimum atomic E-state index is 0.498. The Morgan fingerprint density at radius 1 is 1.25 bits per heavy atom. The third kappa shape index (κ3) is 4.39. The number of rotatable bonds is 7. The summed E-state index contributed by atoms with van der Waals surface area (Å²) >= 11 is 1.83. The first-order valence-electron chi connectivity index (χ1n) is 7.24. The topological polar surface area (TPSA) is 37.8 Å². The van der Waals surface area contributed by atoms with Gasteiger partial charge in [0, 0.05) is 29.7 Å². The van der Waals surface area contributed by atoms with Crippen LogP contribution < -0.4 is 5.32 Å². The van der Waals surface area contributed by atoms with Gasteiger partial charge in [-0.15, -0.1) is 11.3 Å². The molecule has 0 radical (unpaired) electrons. The zero-order valence-corrected chi connectivity index (χ0v) is 13.3. The minimum absolute atomic E-state index is 0.498. The molecule has 2 heterocycles. The maximum Gasteiger partial charge on any atom is 0.0946 e. The van der Waals surface area contributed by atoms with Gasteiger partial charge in [-0.25, -0.2) is 4.98 Å². The van der Waals surface area contributed by atoms with E-state index in [1.807, 2.05) is 23.7 Å². The van der Waals surface area contributed by atoms with Gasteiger partial charge in [-0.2, -0.15) is 0 Å². The quantitative estimate of drug-likeness (QED) is 0.850. The van der Waals surface area contributed by atoms with Gasteiger partial charge in [0.2, 0.25) is 0 Å². The minimum Gasteiger partial charge on any atom is -0.314 e. The number of aromatic nitrogens is 2. The van der Waals surface area contributed by atoms with E-state index in [1.54, 1.807) is 0 Å². The highest BCUT2D eigenvalue weighted by atomic mass is 32.1. The Hall–Kier alpha value is -1.26. The first-order valence-corrected chi connectivity index (χ1v) is 8.06. The van der Waals surface area contributed by atoms with Crippen LogP contribution in [-0.2, 0) is 12.8 Å². The summed E-state index contributed by atoms with van der Waals surface area (Å²) in [6, 6.07) is 4.69. The average molecular weight is 289 g/mol. The molecular formula is C16H23N3S. The van der Waals surface area contributed by atoms with Gasteiger partial charge in [-0.05, 0) is 50.9 Å². The van der Waals surface area contributed by atoms with Crippen LogP contribution in [0.5, 0.6) is 0 Å². The molecule has 0 saturated carbocycles. The molecule has 0 fully saturated rings. The van der Waals surface area contributed by atoms with Crippen LogP contribution in [-0.4, -0.2) is 22.6 Å². The van der Waals surface area contributed by atoms with Crippen molar-refractivity contribution >= 4 is 11.3 Å². The van der Waals surface area contributed by atoms with Gasteiger partial charge in [0.05, 0.1) is 10.7 Å². The van der Waals surface area contributed by atoms with Gasteiger partial charge in [-0.1, -0.05) is 6.92 Å². The fourth-order valence-electron chi connectivity index (χ4n) is 2.29. The number of nitrogens with one attached hydrogen (secondary N) is 1. The number of hydrogen-bond donors (Lipinski definition) is 1. The Morgan fingerprint density at radius 2 is 2.00 bits per heavy atom. The Kier molecular flexibility index (Phi) is 5.68. The van der Waals surface area contributed by atoms with Gasteiger partial charge in [0.25, 0.3) is 0 Å². The molecule has 0 saturated heterocycles. The summed E-state index contributed by atoms with van der Waals surface area (Å²) in [6.45, 7) is 7.41. The molecule has 0 bridgehead atoms. The lowest BCUT2D eigenvalue weighted by molar-refractivity contribution is 0.490. The largest absolute Gasteiger partial charge is 0.314 e. The summed E-state index contributed by atoms with van der Waals surface area (Å²) in [5.41, 5.74) is 2.53. The smallest absolute Gasteiger partial charge is 0.0946 e. The van der Waals surface area contributed by atoms with Crippen LogP contribution in [0.15, 0.2) is 24.5 Å². The molecule has 1 atom stereocenters. The molecule has 108 valence electrons. The van der Waals surface area contributed by atoms with Gasteiger partial charge in [0.1, 0.15) is 0 Å². The second kappa shape index (κ2) is 7.50. The molecule has 0 aliphatic heterocycles. The highest BCUT2D eigenvalue weighted by molar-refractivity contribution is 7.11. The molecule has 2 aromatic rings. The lowest BCUT2D eigenvalue weighted by atomic mass is 10.0. The van der Waals surface area contributed by atoms with Crippen LogP contribution in [0.25, 0.3) is 0 Å². The van der Waals surface area contributed by atoms with Crippen molar-refractivity contribution in [2.45, 2.75) is 46.1 Å². The van der Waals surface area contributed by atoms with E-state index < -0.39 is 0 Å². The summed E-state index contributed by atoms with van der Waals surface area (Å²) in [6.07, 6.45) is 6.98. The third-order valence-electron chi connectivity index (χ3n) is 3.52. The molecule has 0 aliphatic rings. The second-order valence-electron chi connectivity index (χ2n) is 5.10. The summed E-state index contributed by atoms with van der Waals surface area (Å²) in [5.74, 6) is 0. The highest BCUT2D eigenvalue weighted by Crippen LogP contribution is 2.19.